The number of nitrogens with two attached hydrogens (primary N) is 1. The normalized spacial score (nSPS) is 13.2. The van der Waals surface area contributed by atoms with Crippen molar-refractivity contribution in [2.24, 2.45) is 10.7 Å². The third-order valence-corrected chi connectivity index (χ3v) is 11.7. The van der Waals surface area contributed by atoms with Crippen LogP contribution in [0.1, 0.15) is 74.9 Å². The molecule has 3 nitrogen and oxygen atoms in total. The van der Waals surface area contributed by atoms with Crippen molar-refractivity contribution in [2.75, 3.05) is 0 Å². The summed E-state index contributed by atoms with van der Waals surface area (Å²) >= 11 is 0. The van der Waals surface area contributed by atoms with Gasteiger partial charge in [0.2, 0.25) is 0 Å². The summed E-state index contributed by atoms with van der Waals surface area (Å²) in [5, 5.41) is 2.43. The molecule has 0 radical (unpaired) electrons. The molecule has 3 heteroatoms. The fourth-order valence-corrected chi connectivity index (χ4v) is 8.11. The number of aliphatic imine (C=N–C) groups is 1. The molecule has 2 N–H and O–H groups in total. The van der Waals surface area contributed by atoms with E-state index >= 15 is 0 Å². The molecule has 7 aromatic carbocycles. The molecule has 312 valence electrons. The van der Waals surface area contributed by atoms with Crippen LogP contribution in [0.4, 0.5) is 0 Å². The number of aromatic nitrogens is 1. The van der Waals surface area contributed by atoms with Gasteiger partial charge in [0.15, 0.2) is 0 Å². The number of allylic oxidation sites excluding steroid dienone is 4. The standard InChI is InChI=1S/C60H57N3/c1-42(54(61)40-55(47-31-21-12-22-32-47)62-41-44-25-15-9-16-26-44)35-50(45-27-17-10-18-28-45)57(36-43-23-13-8-14-24-43)63-56-34-33-48(59(2,3)4)37-52(56)53-39-49(60(5,6)7)38-51(58(53)63)46-29-19-11-20-30-46/h8-40H,1,41,61H2,2-7H3/b50-35-,54-40-,57-36-,62-55?. The first-order valence-corrected chi connectivity index (χ1v) is 21.9. The lowest BCUT2D eigenvalue weighted by Crippen LogP contribution is -2.11. The smallest absolute Gasteiger partial charge is 0.0671 e. The summed E-state index contributed by atoms with van der Waals surface area (Å²) < 4.78 is 2.49. The van der Waals surface area contributed by atoms with Crippen LogP contribution in [-0.4, -0.2) is 10.3 Å². The molecule has 0 saturated carbocycles. The molecule has 0 atom stereocenters. The van der Waals surface area contributed by atoms with E-state index in [0.29, 0.717) is 17.8 Å². The van der Waals surface area contributed by atoms with Gasteiger partial charge in [0.05, 0.1) is 29.0 Å². The van der Waals surface area contributed by atoms with Gasteiger partial charge in [0.1, 0.15) is 0 Å². The minimum absolute atomic E-state index is 0.0467. The van der Waals surface area contributed by atoms with Crippen LogP contribution in [0.25, 0.3) is 50.3 Å². The molecule has 0 amide bonds. The summed E-state index contributed by atoms with van der Waals surface area (Å²) in [5.41, 5.74) is 22.4. The van der Waals surface area contributed by atoms with Crippen molar-refractivity contribution in [3.05, 3.63) is 245 Å². The Balaban J connectivity index is 1.43. The van der Waals surface area contributed by atoms with Crippen LogP contribution in [0.15, 0.2) is 217 Å². The maximum Gasteiger partial charge on any atom is 0.0671 e. The quantitative estimate of drug-likeness (QED) is 0.103. The lowest BCUT2D eigenvalue weighted by atomic mass is 9.83. The van der Waals surface area contributed by atoms with E-state index in [1.807, 2.05) is 42.5 Å². The molecule has 0 aliphatic heterocycles. The Hall–Kier alpha value is -7.23. The number of benzene rings is 7. The summed E-state index contributed by atoms with van der Waals surface area (Å²) in [5.74, 6) is 0. The van der Waals surface area contributed by atoms with Crippen LogP contribution in [0.5, 0.6) is 0 Å². The highest BCUT2D eigenvalue weighted by Crippen LogP contribution is 2.45. The van der Waals surface area contributed by atoms with Crippen LogP contribution in [-0.2, 0) is 17.4 Å². The maximum atomic E-state index is 7.13. The Bertz CT molecular complexity index is 3010. The zero-order valence-corrected chi connectivity index (χ0v) is 37.4. The lowest BCUT2D eigenvalue weighted by molar-refractivity contribution is 0.590. The van der Waals surface area contributed by atoms with E-state index in [-0.39, 0.29) is 10.8 Å². The molecule has 0 spiro atoms. The molecule has 0 aliphatic carbocycles. The van der Waals surface area contributed by atoms with Crippen molar-refractivity contribution in [2.45, 2.75) is 58.9 Å². The molecule has 63 heavy (non-hydrogen) atoms. The first-order valence-electron chi connectivity index (χ1n) is 21.9. The third-order valence-electron chi connectivity index (χ3n) is 11.7. The molecule has 8 aromatic rings. The highest BCUT2D eigenvalue weighted by molar-refractivity contribution is 6.20. The van der Waals surface area contributed by atoms with E-state index in [1.54, 1.807) is 0 Å². The molecule has 8 rings (SSSR count). The number of nitrogens with zero attached hydrogens (tertiary/aromatic N) is 2. The van der Waals surface area contributed by atoms with E-state index in [2.05, 4.69) is 210 Å². The van der Waals surface area contributed by atoms with E-state index < -0.39 is 0 Å². The van der Waals surface area contributed by atoms with Crippen LogP contribution in [0.3, 0.4) is 0 Å². The molecule has 1 heterocycles. The van der Waals surface area contributed by atoms with Crippen molar-refractivity contribution in [3.8, 4) is 11.1 Å². The molecular formula is C60H57N3. The Morgan fingerprint density at radius 1 is 0.587 bits per heavy atom. The second-order valence-corrected chi connectivity index (χ2v) is 18.4. The van der Waals surface area contributed by atoms with E-state index in [1.165, 1.54) is 27.5 Å². The highest BCUT2D eigenvalue weighted by Gasteiger charge is 2.26. The van der Waals surface area contributed by atoms with Crippen LogP contribution in [0.2, 0.25) is 0 Å². The van der Waals surface area contributed by atoms with Crippen molar-refractivity contribution >= 4 is 44.9 Å². The van der Waals surface area contributed by atoms with Gasteiger partial charge in [-0.2, -0.15) is 0 Å². The minimum atomic E-state index is -0.0871. The minimum Gasteiger partial charge on any atom is -0.398 e. The second-order valence-electron chi connectivity index (χ2n) is 18.4. The van der Waals surface area contributed by atoms with Gasteiger partial charge in [-0.15, -0.1) is 0 Å². The molecule has 0 bridgehead atoms. The van der Waals surface area contributed by atoms with E-state index in [9.17, 15) is 0 Å². The number of hydrogen-bond donors (Lipinski definition) is 1. The summed E-state index contributed by atoms with van der Waals surface area (Å²) in [7, 11) is 0. The zero-order chi connectivity index (χ0) is 44.1. The first-order chi connectivity index (χ1) is 30.3. The first kappa shape index (κ1) is 42.5. The largest absolute Gasteiger partial charge is 0.398 e. The summed E-state index contributed by atoms with van der Waals surface area (Å²) in [6, 6.07) is 64.5. The molecular weight excluding hydrogens is 763 g/mol. The van der Waals surface area contributed by atoms with Gasteiger partial charge in [0, 0.05) is 27.6 Å². The van der Waals surface area contributed by atoms with Gasteiger partial charge < -0.3 is 10.3 Å². The van der Waals surface area contributed by atoms with Crippen LogP contribution in [0, 0.1) is 0 Å². The van der Waals surface area contributed by atoms with Gasteiger partial charge >= 0.3 is 0 Å². The number of hydrogen-bond acceptors (Lipinski definition) is 2. The zero-order valence-electron chi connectivity index (χ0n) is 37.4. The van der Waals surface area contributed by atoms with Crippen LogP contribution >= 0.6 is 0 Å². The van der Waals surface area contributed by atoms with Gasteiger partial charge in [-0.1, -0.05) is 206 Å². The van der Waals surface area contributed by atoms with Gasteiger partial charge in [0.25, 0.3) is 0 Å². The molecule has 1 aromatic heterocycles. The van der Waals surface area contributed by atoms with Crippen molar-refractivity contribution in [1.82, 2.24) is 4.57 Å². The predicted octanol–water partition coefficient (Wildman–Crippen LogP) is 15.2. The predicted molar refractivity (Wildman–Crippen MR) is 272 cm³/mol. The van der Waals surface area contributed by atoms with Gasteiger partial charge in [-0.3, -0.25) is 4.99 Å². The monoisotopic (exact) mass is 819 g/mol. The third kappa shape index (κ3) is 9.49. The average Bonchev–Trinajstić information content (AvgIpc) is 3.63. The van der Waals surface area contributed by atoms with Gasteiger partial charge in [-0.25, -0.2) is 0 Å². The Labute approximate surface area is 374 Å². The van der Waals surface area contributed by atoms with Crippen molar-refractivity contribution in [1.29, 1.82) is 0 Å². The molecule has 0 fully saturated rings. The van der Waals surface area contributed by atoms with Crippen molar-refractivity contribution in [3.63, 3.8) is 0 Å². The summed E-state index contributed by atoms with van der Waals surface area (Å²) in [6.07, 6.45) is 6.44. The lowest BCUT2D eigenvalue weighted by Gasteiger charge is -2.23. The Kier molecular flexibility index (Phi) is 12.1. The molecule has 0 aliphatic rings. The Morgan fingerprint density at radius 2 is 1.13 bits per heavy atom. The molecule has 0 unspecified atom stereocenters. The van der Waals surface area contributed by atoms with Crippen LogP contribution < -0.4 is 5.73 Å². The Morgan fingerprint density at radius 3 is 1.73 bits per heavy atom. The topological polar surface area (TPSA) is 43.3 Å². The number of rotatable bonds is 11. The molecule has 0 saturated heterocycles. The SMILES string of the molecule is C=C(/C=C(\C(=C\c1ccccc1)n1c2ccc(C(C)(C)C)cc2c2cc(C(C)(C)C)cc(-c3ccccc3)c21)c1ccccc1)/C(N)=C/C(=NCc1ccccc1)c1ccccc1. The van der Waals surface area contributed by atoms with E-state index in [0.717, 1.165) is 55.8 Å². The summed E-state index contributed by atoms with van der Waals surface area (Å²) in [6.45, 7) is 19.0. The van der Waals surface area contributed by atoms with Gasteiger partial charge in [-0.05, 0) is 97.8 Å². The fraction of sp³-hybridized carbons (Fsp3) is 0.150. The number of fused-ring (bicyclic) bond motifs is 3. The fourth-order valence-electron chi connectivity index (χ4n) is 8.11. The van der Waals surface area contributed by atoms with Crippen molar-refractivity contribution < 1.29 is 0 Å². The maximum absolute atomic E-state index is 7.13. The van der Waals surface area contributed by atoms with E-state index in [4.69, 9.17) is 10.7 Å². The highest BCUT2D eigenvalue weighted by atomic mass is 15.0. The second kappa shape index (κ2) is 18.0. The summed E-state index contributed by atoms with van der Waals surface area (Å²) in [4.78, 5) is 5.09. The average molecular weight is 820 g/mol.